The van der Waals surface area contributed by atoms with Crippen molar-refractivity contribution in [2.45, 2.75) is 13.8 Å². The van der Waals surface area contributed by atoms with Gasteiger partial charge < -0.3 is 9.72 Å². The molecule has 0 aliphatic carbocycles. The van der Waals surface area contributed by atoms with Crippen molar-refractivity contribution in [1.82, 2.24) is 20.2 Å². The minimum absolute atomic E-state index is 0.0731. The minimum Gasteiger partial charge on any atom is -0.449 e. The number of carbonyl (C=O) groups is 1. The van der Waals surface area contributed by atoms with E-state index in [4.69, 9.17) is 4.74 Å². The zero-order valence-electron chi connectivity index (χ0n) is 16.0. The summed E-state index contributed by atoms with van der Waals surface area (Å²) in [7, 11) is 0. The molecule has 8 nitrogen and oxygen atoms in total. The van der Waals surface area contributed by atoms with Crippen LogP contribution < -0.4 is 10.9 Å². The van der Waals surface area contributed by atoms with E-state index in [-0.39, 0.29) is 29.6 Å². The van der Waals surface area contributed by atoms with E-state index in [1.165, 1.54) is 0 Å². The molecule has 2 heterocycles. The molecule has 2 aromatic carbocycles. The minimum atomic E-state index is -0.842. The quantitative estimate of drug-likeness (QED) is 0.469. The van der Waals surface area contributed by atoms with E-state index in [1.54, 1.807) is 18.2 Å². The van der Waals surface area contributed by atoms with Crippen molar-refractivity contribution in [3.05, 3.63) is 52.3 Å². The number of benzene rings is 2. The number of anilines is 1. The summed E-state index contributed by atoms with van der Waals surface area (Å²) in [4.78, 5) is 30.9. The van der Waals surface area contributed by atoms with E-state index < -0.39 is 28.7 Å². The van der Waals surface area contributed by atoms with Crippen LogP contribution in [0, 0.1) is 17.6 Å². The van der Waals surface area contributed by atoms with Gasteiger partial charge in [-0.1, -0.05) is 19.9 Å². The molecule has 0 radical (unpaired) electrons. The molecule has 0 saturated heterocycles. The van der Waals surface area contributed by atoms with Gasteiger partial charge in [0.15, 0.2) is 0 Å². The van der Waals surface area contributed by atoms with Crippen LogP contribution in [0.5, 0.6) is 0 Å². The molecule has 0 spiro atoms. The Hall–Kier alpha value is -3.82. The summed E-state index contributed by atoms with van der Waals surface area (Å²) in [6.07, 6.45) is -0.645. The maximum atomic E-state index is 14.4. The van der Waals surface area contributed by atoms with Gasteiger partial charge in [-0.3, -0.25) is 10.1 Å². The Labute approximate surface area is 168 Å². The summed E-state index contributed by atoms with van der Waals surface area (Å²) in [6.45, 7) is 4.10. The molecule has 3 N–H and O–H groups in total. The normalized spacial score (nSPS) is 11.4. The van der Waals surface area contributed by atoms with Crippen molar-refractivity contribution in [2.75, 3.05) is 11.9 Å². The lowest BCUT2D eigenvalue weighted by molar-refractivity contribution is 0.147. The zero-order valence-corrected chi connectivity index (χ0v) is 16.0. The first kappa shape index (κ1) is 19.5. The SMILES string of the molecule is CC(C)COC(=O)Nc1nc2ccc(-c3n[nH]c(=O)c4c(F)ccc(F)c34)cc2[nH]1. The van der Waals surface area contributed by atoms with Crippen molar-refractivity contribution >= 4 is 33.8 Å². The Balaban J connectivity index is 1.73. The van der Waals surface area contributed by atoms with Crippen LogP contribution in [0.4, 0.5) is 19.5 Å². The number of aromatic amines is 2. The number of H-pyrrole nitrogens is 2. The number of imidazole rings is 1. The third-order valence-corrected chi connectivity index (χ3v) is 4.36. The predicted octanol–water partition coefficient (Wildman–Crippen LogP) is 3.95. The van der Waals surface area contributed by atoms with Gasteiger partial charge in [0, 0.05) is 5.56 Å². The van der Waals surface area contributed by atoms with E-state index in [0.29, 0.717) is 16.6 Å². The fourth-order valence-electron chi connectivity index (χ4n) is 3.02. The summed E-state index contributed by atoms with van der Waals surface area (Å²) < 4.78 is 33.6. The van der Waals surface area contributed by atoms with Crippen LogP contribution in [0.3, 0.4) is 0 Å². The third-order valence-electron chi connectivity index (χ3n) is 4.36. The number of fused-ring (bicyclic) bond motifs is 2. The van der Waals surface area contributed by atoms with Crippen LogP contribution in [0.1, 0.15) is 13.8 Å². The van der Waals surface area contributed by atoms with Gasteiger partial charge in [0.25, 0.3) is 5.56 Å². The molecule has 154 valence electrons. The van der Waals surface area contributed by atoms with E-state index in [2.05, 4.69) is 25.5 Å². The maximum Gasteiger partial charge on any atom is 0.413 e. The second-order valence-corrected chi connectivity index (χ2v) is 7.12. The molecule has 0 bridgehead atoms. The highest BCUT2D eigenvalue weighted by Gasteiger charge is 2.17. The van der Waals surface area contributed by atoms with Gasteiger partial charge in [0.1, 0.15) is 17.3 Å². The summed E-state index contributed by atoms with van der Waals surface area (Å²) in [6, 6.07) is 6.68. The number of hydrogen-bond donors (Lipinski definition) is 3. The Morgan fingerprint density at radius 2 is 1.90 bits per heavy atom. The molecule has 0 atom stereocenters. The lowest BCUT2D eigenvalue weighted by atomic mass is 10.0. The Kier molecular flexibility index (Phi) is 4.90. The van der Waals surface area contributed by atoms with Crippen LogP contribution in [-0.2, 0) is 4.74 Å². The standard InChI is InChI=1S/C20H17F2N5O3/c1-9(2)8-30-20(29)25-19-23-13-6-3-10(7-14(13)24-19)17-15-11(21)4-5-12(22)16(15)18(28)27-26-17/h3-7,9H,8H2,1-2H3,(H,27,28)(H2,23,24,25,29). The molecule has 2 aromatic heterocycles. The van der Waals surface area contributed by atoms with Gasteiger partial charge in [-0.05, 0) is 30.2 Å². The molecular weight excluding hydrogens is 396 g/mol. The first-order chi connectivity index (χ1) is 14.3. The Bertz CT molecular complexity index is 1330. The van der Waals surface area contributed by atoms with Crippen molar-refractivity contribution in [3.63, 3.8) is 0 Å². The van der Waals surface area contributed by atoms with Crippen LogP contribution >= 0.6 is 0 Å². The van der Waals surface area contributed by atoms with Crippen molar-refractivity contribution in [2.24, 2.45) is 5.92 Å². The molecule has 1 amide bonds. The van der Waals surface area contributed by atoms with Gasteiger partial charge in [0.05, 0.1) is 28.4 Å². The van der Waals surface area contributed by atoms with Gasteiger partial charge in [0.2, 0.25) is 5.95 Å². The number of halogens is 2. The number of nitrogens with one attached hydrogen (secondary N) is 3. The Morgan fingerprint density at radius 1 is 1.17 bits per heavy atom. The molecule has 0 saturated carbocycles. The van der Waals surface area contributed by atoms with Crippen LogP contribution in [0.15, 0.2) is 35.1 Å². The third kappa shape index (κ3) is 3.59. The largest absolute Gasteiger partial charge is 0.449 e. The smallest absolute Gasteiger partial charge is 0.413 e. The first-order valence-electron chi connectivity index (χ1n) is 9.14. The van der Waals surface area contributed by atoms with Crippen molar-refractivity contribution in [3.8, 4) is 11.3 Å². The molecule has 4 rings (SSSR count). The molecule has 0 unspecified atom stereocenters. The van der Waals surface area contributed by atoms with Crippen LogP contribution in [-0.4, -0.2) is 32.9 Å². The maximum absolute atomic E-state index is 14.4. The second-order valence-electron chi connectivity index (χ2n) is 7.12. The lowest BCUT2D eigenvalue weighted by Gasteiger charge is -2.07. The van der Waals surface area contributed by atoms with E-state index in [9.17, 15) is 18.4 Å². The average molecular weight is 413 g/mol. The molecule has 4 aromatic rings. The Morgan fingerprint density at radius 3 is 2.63 bits per heavy atom. The second kappa shape index (κ2) is 7.54. The zero-order chi connectivity index (χ0) is 21.4. The molecule has 10 heteroatoms. The monoisotopic (exact) mass is 413 g/mol. The number of carbonyl (C=O) groups excluding carboxylic acids is 1. The number of aromatic nitrogens is 4. The van der Waals surface area contributed by atoms with E-state index >= 15 is 0 Å². The van der Waals surface area contributed by atoms with Crippen LogP contribution in [0.25, 0.3) is 33.1 Å². The fourth-order valence-corrected chi connectivity index (χ4v) is 3.02. The highest BCUT2D eigenvalue weighted by atomic mass is 19.1. The highest BCUT2D eigenvalue weighted by molar-refractivity contribution is 5.96. The number of hydrogen-bond acceptors (Lipinski definition) is 5. The van der Waals surface area contributed by atoms with Gasteiger partial charge in [-0.15, -0.1) is 0 Å². The van der Waals surface area contributed by atoms with Crippen molar-refractivity contribution in [1.29, 1.82) is 0 Å². The molecule has 0 aliphatic heterocycles. The number of amides is 1. The summed E-state index contributed by atoms with van der Waals surface area (Å²) in [5, 5.41) is 8.00. The predicted molar refractivity (Wildman–Crippen MR) is 107 cm³/mol. The highest BCUT2D eigenvalue weighted by Crippen LogP contribution is 2.30. The summed E-state index contributed by atoms with van der Waals surface area (Å²) >= 11 is 0. The first-order valence-corrected chi connectivity index (χ1v) is 9.14. The lowest BCUT2D eigenvalue weighted by Crippen LogP contribution is -2.17. The van der Waals surface area contributed by atoms with Gasteiger partial charge in [-0.25, -0.2) is 23.7 Å². The molecule has 0 aliphatic rings. The molecular formula is C20H17F2N5O3. The number of ether oxygens (including phenoxy) is 1. The fraction of sp³-hybridized carbons (Fsp3) is 0.200. The number of nitrogens with zero attached hydrogens (tertiary/aromatic N) is 2. The molecule has 30 heavy (non-hydrogen) atoms. The topological polar surface area (TPSA) is 113 Å². The van der Waals surface area contributed by atoms with E-state index in [0.717, 1.165) is 12.1 Å². The van der Waals surface area contributed by atoms with E-state index in [1.807, 2.05) is 13.8 Å². The average Bonchev–Trinajstić information content (AvgIpc) is 3.10. The van der Waals surface area contributed by atoms with Gasteiger partial charge >= 0.3 is 6.09 Å². The van der Waals surface area contributed by atoms with Gasteiger partial charge in [-0.2, -0.15) is 5.10 Å². The number of rotatable bonds is 4. The molecule has 0 fully saturated rings. The summed E-state index contributed by atoms with van der Waals surface area (Å²) in [5.74, 6) is -1.24. The van der Waals surface area contributed by atoms with Crippen molar-refractivity contribution < 1.29 is 18.3 Å². The summed E-state index contributed by atoms with van der Waals surface area (Å²) in [5.41, 5.74) is 0.720. The van der Waals surface area contributed by atoms with Crippen LogP contribution in [0.2, 0.25) is 0 Å².